The van der Waals surface area contributed by atoms with Crippen LogP contribution < -0.4 is 5.73 Å². The van der Waals surface area contributed by atoms with Gasteiger partial charge in [0.05, 0.1) is 12.2 Å². The van der Waals surface area contributed by atoms with Crippen LogP contribution in [0.4, 0.5) is 0 Å². The second-order valence-corrected chi connectivity index (χ2v) is 5.82. The van der Waals surface area contributed by atoms with E-state index in [1.807, 2.05) is 16.8 Å². The smallest absolute Gasteiger partial charge is 0.254 e. The van der Waals surface area contributed by atoms with E-state index < -0.39 is 6.04 Å². The maximum atomic E-state index is 12.3. The Morgan fingerprint density at radius 1 is 1.32 bits per heavy atom. The highest BCUT2D eigenvalue weighted by Crippen LogP contribution is 2.12. The lowest BCUT2D eigenvalue weighted by atomic mass is 10.2. The predicted molar refractivity (Wildman–Crippen MR) is 88.5 cm³/mol. The number of amides is 2. The van der Waals surface area contributed by atoms with Gasteiger partial charge in [-0.1, -0.05) is 0 Å². The Morgan fingerprint density at radius 3 is 2.64 bits per heavy atom. The van der Waals surface area contributed by atoms with Crippen LogP contribution in [0.15, 0.2) is 16.8 Å². The molecule has 0 aromatic carbocycles. The van der Waals surface area contributed by atoms with Gasteiger partial charge in [0.25, 0.3) is 5.91 Å². The lowest BCUT2D eigenvalue weighted by Gasteiger charge is -2.24. The number of halogens is 1. The predicted octanol–water partition coefficient (Wildman–Crippen LogP) is 0.818. The summed E-state index contributed by atoms with van der Waals surface area (Å²) < 4.78 is 4.92. The second-order valence-electron chi connectivity index (χ2n) is 5.04. The number of carbonyl (C=O) groups is 2. The van der Waals surface area contributed by atoms with Crippen molar-refractivity contribution in [1.29, 1.82) is 0 Å². The van der Waals surface area contributed by atoms with Gasteiger partial charge in [-0.25, -0.2) is 0 Å². The minimum atomic E-state index is -0.630. The summed E-state index contributed by atoms with van der Waals surface area (Å²) >= 11 is 1.51. The second kappa shape index (κ2) is 9.09. The monoisotopic (exact) mass is 347 g/mol. The summed E-state index contributed by atoms with van der Waals surface area (Å²) in [6.07, 6.45) is 0.765. The van der Waals surface area contributed by atoms with E-state index in [-0.39, 0.29) is 30.8 Å². The molecule has 2 heterocycles. The number of methoxy groups -OCH3 is 1. The van der Waals surface area contributed by atoms with Crippen molar-refractivity contribution >= 4 is 35.6 Å². The quantitative estimate of drug-likeness (QED) is 0.874. The fourth-order valence-corrected chi connectivity index (χ4v) is 3.02. The van der Waals surface area contributed by atoms with Crippen LogP contribution >= 0.6 is 23.7 Å². The standard InChI is InChI=1S/C14H21N3O3S.ClH/c1-20-9-12(15)14(19)17-5-2-4-16(6-7-17)13(18)11-3-8-21-10-11;/h3,8,10,12H,2,4-7,9,15H2,1H3;1H. The number of ether oxygens (including phenoxy) is 1. The Kier molecular flexibility index (Phi) is 7.81. The Morgan fingerprint density at radius 2 is 2.00 bits per heavy atom. The molecule has 2 N–H and O–H groups in total. The van der Waals surface area contributed by atoms with E-state index in [1.165, 1.54) is 18.4 Å². The molecule has 0 spiro atoms. The fraction of sp³-hybridized carbons (Fsp3) is 0.571. The zero-order valence-corrected chi connectivity index (χ0v) is 14.2. The minimum Gasteiger partial charge on any atom is -0.383 e. The lowest BCUT2D eigenvalue weighted by molar-refractivity contribution is -0.133. The third-order valence-electron chi connectivity index (χ3n) is 3.53. The first kappa shape index (κ1) is 18.9. The SMILES string of the molecule is COCC(N)C(=O)N1CCCN(C(=O)c2ccsc2)CC1.Cl. The lowest BCUT2D eigenvalue weighted by Crippen LogP contribution is -2.47. The molecule has 0 bridgehead atoms. The Hall–Kier alpha value is -1.15. The number of rotatable bonds is 4. The molecule has 1 aromatic heterocycles. The number of nitrogens with two attached hydrogens (primary N) is 1. The van der Waals surface area contributed by atoms with Gasteiger partial charge in [0.15, 0.2) is 0 Å². The highest BCUT2D eigenvalue weighted by Gasteiger charge is 2.25. The molecule has 22 heavy (non-hydrogen) atoms. The number of thiophene rings is 1. The average Bonchev–Trinajstić information content (AvgIpc) is 2.90. The number of hydrogen-bond donors (Lipinski definition) is 1. The van der Waals surface area contributed by atoms with Crippen LogP contribution in [0.3, 0.4) is 0 Å². The molecule has 1 saturated heterocycles. The fourth-order valence-electron chi connectivity index (χ4n) is 2.40. The van der Waals surface area contributed by atoms with Gasteiger partial charge in [-0.05, 0) is 17.9 Å². The van der Waals surface area contributed by atoms with Crippen LogP contribution in [-0.2, 0) is 9.53 Å². The van der Waals surface area contributed by atoms with Crippen molar-refractivity contribution < 1.29 is 14.3 Å². The first-order valence-corrected chi connectivity index (χ1v) is 7.92. The first-order valence-electron chi connectivity index (χ1n) is 6.98. The summed E-state index contributed by atoms with van der Waals surface area (Å²) in [5, 5.41) is 3.75. The molecule has 124 valence electrons. The number of hydrogen-bond acceptors (Lipinski definition) is 5. The van der Waals surface area contributed by atoms with Crippen molar-refractivity contribution in [2.24, 2.45) is 5.73 Å². The van der Waals surface area contributed by atoms with Crippen molar-refractivity contribution in [2.75, 3.05) is 39.9 Å². The Labute approximate surface area is 140 Å². The molecule has 1 aromatic rings. The molecule has 8 heteroatoms. The van der Waals surface area contributed by atoms with Crippen LogP contribution in [0, 0.1) is 0 Å². The summed E-state index contributed by atoms with van der Waals surface area (Å²) in [6, 6.07) is 1.20. The van der Waals surface area contributed by atoms with Gasteiger partial charge in [-0.15, -0.1) is 12.4 Å². The van der Waals surface area contributed by atoms with Crippen LogP contribution in [0.2, 0.25) is 0 Å². The molecule has 0 radical (unpaired) electrons. The average molecular weight is 348 g/mol. The molecule has 1 aliphatic heterocycles. The van der Waals surface area contributed by atoms with Gasteiger partial charge in [-0.3, -0.25) is 9.59 Å². The molecule has 1 unspecified atom stereocenters. The van der Waals surface area contributed by atoms with Crippen molar-refractivity contribution in [3.8, 4) is 0 Å². The van der Waals surface area contributed by atoms with Crippen LogP contribution in [0.5, 0.6) is 0 Å². The van der Waals surface area contributed by atoms with Gasteiger partial charge in [-0.2, -0.15) is 11.3 Å². The normalized spacial score (nSPS) is 16.6. The van der Waals surface area contributed by atoms with E-state index in [0.717, 1.165) is 12.0 Å². The molecular weight excluding hydrogens is 326 g/mol. The van der Waals surface area contributed by atoms with Crippen LogP contribution in [-0.4, -0.2) is 67.6 Å². The summed E-state index contributed by atoms with van der Waals surface area (Å²) in [5.41, 5.74) is 6.50. The maximum Gasteiger partial charge on any atom is 0.254 e. The van der Waals surface area contributed by atoms with Gasteiger partial charge >= 0.3 is 0 Å². The molecule has 2 rings (SSSR count). The van der Waals surface area contributed by atoms with E-state index in [4.69, 9.17) is 10.5 Å². The first-order chi connectivity index (χ1) is 10.1. The highest BCUT2D eigenvalue weighted by molar-refractivity contribution is 7.08. The Bertz CT molecular complexity index is 484. The van der Waals surface area contributed by atoms with E-state index in [2.05, 4.69) is 0 Å². The van der Waals surface area contributed by atoms with Crippen molar-refractivity contribution in [3.63, 3.8) is 0 Å². The summed E-state index contributed by atoms with van der Waals surface area (Å²) in [7, 11) is 1.52. The molecule has 0 saturated carbocycles. The highest BCUT2D eigenvalue weighted by atomic mass is 35.5. The molecule has 1 fully saturated rings. The molecule has 0 aliphatic carbocycles. The van der Waals surface area contributed by atoms with Gasteiger partial charge < -0.3 is 20.3 Å². The van der Waals surface area contributed by atoms with Crippen molar-refractivity contribution in [3.05, 3.63) is 22.4 Å². The number of nitrogens with zero attached hydrogens (tertiary/aromatic N) is 2. The third kappa shape index (κ3) is 4.67. The summed E-state index contributed by atoms with van der Waals surface area (Å²) in [4.78, 5) is 28.0. The molecular formula is C14H22ClN3O3S. The van der Waals surface area contributed by atoms with Gasteiger partial charge in [0.1, 0.15) is 6.04 Å². The van der Waals surface area contributed by atoms with E-state index >= 15 is 0 Å². The molecule has 1 aliphatic rings. The van der Waals surface area contributed by atoms with E-state index in [1.54, 1.807) is 9.80 Å². The largest absolute Gasteiger partial charge is 0.383 e. The molecule has 2 amide bonds. The minimum absolute atomic E-state index is 0. The summed E-state index contributed by atoms with van der Waals surface area (Å²) in [5.74, 6) is -0.0755. The maximum absolute atomic E-state index is 12.3. The topological polar surface area (TPSA) is 75.9 Å². The van der Waals surface area contributed by atoms with E-state index in [0.29, 0.717) is 26.2 Å². The van der Waals surface area contributed by atoms with Gasteiger partial charge in [0, 0.05) is 38.7 Å². The zero-order valence-electron chi connectivity index (χ0n) is 12.6. The Balaban J connectivity index is 0.00000242. The van der Waals surface area contributed by atoms with Crippen LogP contribution in [0.1, 0.15) is 16.8 Å². The van der Waals surface area contributed by atoms with Crippen molar-refractivity contribution in [2.45, 2.75) is 12.5 Å². The molecule has 1 atom stereocenters. The van der Waals surface area contributed by atoms with Crippen molar-refractivity contribution in [1.82, 2.24) is 9.80 Å². The molecule has 6 nitrogen and oxygen atoms in total. The van der Waals surface area contributed by atoms with Crippen LogP contribution in [0.25, 0.3) is 0 Å². The zero-order chi connectivity index (χ0) is 15.2. The number of carbonyl (C=O) groups excluding carboxylic acids is 2. The third-order valence-corrected chi connectivity index (χ3v) is 4.21. The summed E-state index contributed by atoms with van der Waals surface area (Å²) in [6.45, 7) is 2.57. The van der Waals surface area contributed by atoms with Gasteiger partial charge in [0.2, 0.25) is 5.91 Å². The van der Waals surface area contributed by atoms with E-state index in [9.17, 15) is 9.59 Å².